The molecule has 2 fully saturated rings. The van der Waals surface area contributed by atoms with Crippen molar-refractivity contribution in [2.24, 2.45) is 11.3 Å². The van der Waals surface area contributed by atoms with Gasteiger partial charge < -0.3 is 20.3 Å². The van der Waals surface area contributed by atoms with Crippen LogP contribution in [0.15, 0.2) is 0 Å². The Hall–Kier alpha value is -0.650. The van der Waals surface area contributed by atoms with E-state index in [1.807, 2.05) is 6.92 Å². The molecule has 20 heavy (non-hydrogen) atoms. The molecular formula is C15H27NO4. The first-order valence-electron chi connectivity index (χ1n) is 7.73. The highest BCUT2D eigenvalue weighted by Crippen LogP contribution is 2.44. The van der Waals surface area contributed by atoms with Crippen molar-refractivity contribution in [2.45, 2.75) is 51.0 Å². The molecule has 3 N–H and O–H groups in total. The number of carbonyl (C=O) groups excluding carboxylic acids is 1. The van der Waals surface area contributed by atoms with Gasteiger partial charge in [-0.3, -0.25) is 4.79 Å². The normalized spacial score (nSPS) is 31.9. The van der Waals surface area contributed by atoms with Crippen LogP contribution in [-0.2, 0) is 9.53 Å². The summed E-state index contributed by atoms with van der Waals surface area (Å²) in [6, 6.07) is 0. The van der Waals surface area contributed by atoms with Gasteiger partial charge >= 0.3 is 5.97 Å². The van der Waals surface area contributed by atoms with Crippen molar-refractivity contribution < 1.29 is 19.7 Å². The highest BCUT2D eigenvalue weighted by atomic mass is 16.5. The fourth-order valence-electron chi connectivity index (χ4n) is 2.96. The lowest BCUT2D eigenvalue weighted by Crippen LogP contribution is -2.46. The highest BCUT2D eigenvalue weighted by Gasteiger charge is 2.42. The molecule has 0 spiro atoms. The van der Waals surface area contributed by atoms with Crippen molar-refractivity contribution in [1.29, 1.82) is 0 Å². The highest BCUT2D eigenvalue weighted by molar-refractivity contribution is 5.72. The van der Waals surface area contributed by atoms with Crippen LogP contribution in [0.1, 0.15) is 45.4 Å². The minimum absolute atomic E-state index is 0.0533. The van der Waals surface area contributed by atoms with Gasteiger partial charge in [0.15, 0.2) is 0 Å². The van der Waals surface area contributed by atoms with E-state index in [0.29, 0.717) is 38.8 Å². The average Bonchev–Trinajstić information content (AvgIpc) is 3.20. The molecule has 116 valence electrons. The Morgan fingerprint density at radius 3 is 2.40 bits per heavy atom. The first-order valence-corrected chi connectivity index (χ1v) is 7.73. The fourth-order valence-corrected chi connectivity index (χ4v) is 2.96. The molecule has 2 aliphatic carbocycles. The summed E-state index contributed by atoms with van der Waals surface area (Å²) in [5.41, 5.74) is -0.646. The molecule has 0 radical (unpaired) electrons. The Morgan fingerprint density at radius 2 is 1.90 bits per heavy atom. The second-order valence-electron chi connectivity index (χ2n) is 6.51. The van der Waals surface area contributed by atoms with E-state index in [0.717, 1.165) is 19.4 Å². The van der Waals surface area contributed by atoms with E-state index in [1.54, 1.807) is 0 Å². The van der Waals surface area contributed by atoms with Crippen molar-refractivity contribution >= 4 is 5.97 Å². The van der Waals surface area contributed by atoms with Gasteiger partial charge in [-0.1, -0.05) is 0 Å². The smallest absolute Gasteiger partial charge is 0.308 e. The first-order chi connectivity index (χ1) is 9.52. The number of rotatable bonds is 7. The Bertz CT molecular complexity index is 333. The van der Waals surface area contributed by atoms with E-state index in [9.17, 15) is 15.0 Å². The predicted molar refractivity (Wildman–Crippen MR) is 75.2 cm³/mol. The quantitative estimate of drug-likeness (QED) is 0.604. The van der Waals surface area contributed by atoms with E-state index in [2.05, 4.69) is 5.32 Å². The minimum Gasteiger partial charge on any atom is -0.466 e. The minimum atomic E-state index is -0.714. The second kappa shape index (κ2) is 6.41. The molecule has 0 saturated heterocycles. The van der Waals surface area contributed by atoms with Crippen molar-refractivity contribution in [3.05, 3.63) is 0 Å². The van der Waals surface area contributed by atoms with Gasteiger partial charge in [-0.05, 0) is 45.4 Å². The Balaban J connectivity index is 1.69. The van der Waals surface area contributed by atoms with Gasteiger partial charge in [0.25, 0.3) is 0 Å². The predicted octanol–water partition coefficient (Wildman–Crippen LogP) is 0.833. The number of nitrogens with one attached hydrogen (secondary N) is 1. The number of hydrogen-bond acceptors (Lipinski definition) is 5. The number of carbonyl (C=O) groups is 1. The fraction of sp³-hybridized carbons (Fsp3) is 0.933. The van der Waals surface area contributed by atoms with Gasteiger partial charge in [0, 0.05) is 25.1 Å². The van der Waals surface area contributed by atoms with Crippen molar-refractivity contribution in [3.8, 4) is 0 Å². The van der Waals surface area contributed by atoms with Crippen LogP contribution in [0.5, 0.6) is 0 Å². The summed E-state index contributed by atoms with van der Waals surface area (Å²) in [5.74, 6) is -0.179. The van der Waals surface area contributed by atoms with Crippen LogP contribution in [0.4, 0.5) is 0 Å². The summed E-state index contributed by atoms with van der Waals surface area (Å²) in [6.45, 7) is 3.78. The van der Waals surface area contributed by atoms with Crippen molar-refractivity contribution in [3.63, 3.8) is 0 Å². The van der Waals surface area contributed by atoms with Crippen LogP contribution in [0.25, 0.3) is 0 Å². The Labute approximate surface area is 120 Å². The van der Waals surface area contributed by atoms with Crippen LogP contribution < -0.4 is 5.32 Å². The first kappa shape index (κ1) is 15.7. The van der Waals surface area contributed by atoms with Crippen LogP contribution in [-0.4, -0.2) is 48.1 Å². The van der Waals surface area contributed by atoms with Gasteiger partial charge in [-0.25, -0.2) is 0 Å². The molecule has 2 rings (SSSR count). The molecule has 0 heterocycles. The van der Waals surface area contributed by atoms with E-state index in [-0.39, 0.29) is 23.9 Å². The topological polar surface area (TPSA) is 78.8 Å². The summed E-state index contributed by atoms with van der Waals surface area (Å²) >= 11 is 0. The third-order valence-electron chi connectivity index (χ3n) is 4.78. The van der Waals surface area contributed by atoms with Gasteiger partial charge in [-0.2, -0.15) is 0 Å². The molecule has 2 saturated carbocycles. The van der Waals surface area contributed by atoms with Gasteiger partial charge in [0.1, 0.15) is 0 Å². The van der Waals surface area contributed by atoms with E-state index in [4.69, 9.17) is 4.74 Å². The zero-order valence-electron chi connectivity index (χ0n) is 12.4. The SMILES string of the molecule is CCOC(=O)C1CCC(O)(CNCC2(CO)CC2)CC1. The third-order valence-corrected chi connectivity index (χ3v) is 4.78. The zero-order valence-corrected chi connectivity index (χ0v) is 12.4. The van der Waals surface area contributed by atoms with Gasteiger partial charge in [0.2, 0.25) is 0 Å². The standard InChI is InChI=1S/C15H27NO4/c1-2-20-13(18)12-3-5-15(19,6-4-12)10-16-9-14(11-17)7-8-14/h12,16-17,19H,2-11H2,1H3. The second-order valence-corrected chi connectivity index (χ2v) is 6.51. The maximum absolute atomic E-state index is 11.7. The third kappa shape index (κ3) is 3.93. The van der Waals surface area contributed by atoms with Crippen LogP contribution in [0, 0.1) is 11.3 Å². The molecule has 0 aromatic heterocycles. The summed E-state index contributed by atoms with van der Waals surface area (Å²) < 4.78 is 5.03. The average molecular weight is 285 g/mol. The molecular weight excluding hydrogens is 258 g/mol. The monoisotopic (exact) mass is 285 g/mol. The lowest BCUT2D eigenvalue weighted by atomic mass is 9.78. The van der Waals surface area contributed by atoms with E-state index >= 15 is 0 Å². The zero-order chi connectivity index (χ0) is 14.6. The molecule has 5 heteroatoms. The summed E-state index contributed by atoms with van der Waals surface area (Å²) in [5, 5.41) is 23.1. The van der Waals surface area contributed by atoms with Gasteiger partial charge in [0.05, 0.1) is 18.1 Å². The summed E-state index contributed by atoms with van der Waals surface area (Å²) in [7, 11) is 0. The van der Waals surface area contributed by atoms with Crippen LogP contribution in [0.3, 0.4) is 0 Å². The Morgan fingerprint density at radius 1 is 1.25 bits per heavy atom. The van der Waals surface area contributed by atoms with E-state index in [1.165, 1.54) is 0 Å². The van der Waals surface area contributed by atoms with Crippen LogP contribution >= 0.6 is 0 Å². The molecule has 0 aliphatic heterocycles. The Kier molecular flexibility index (Phi) is 5.04. The molecule has 0 atom stereocenters. The molecule has 2 aliphatic rings. The molecule has 5 nitrogen and oxygen atoms in total. The lowest BCUT2D eigenvalue weighted by molar-refractivity contribution is -0.151. The number of ether oxygens (including phenoxy) is 1. The maximum atomic E-state index is 11.7. The van der Waals surface area contributed by atoms with Gasteiger partial charge in [-0.15, -0.1) is 0 Å². The van der Waals surface area contributed by atoms with Crippen molar-refractivity contribution in [1.82, 2.24) is 5.32 Å². The number of aliphatic hydroxyl groups excluding tert-OH is 1. The molecule has 0 bridgehead atoms. The maximum Gasteiger partial charge on any atom is 0.308 e. The molecule has 0 aromatic rings. The molecule has 0 unspecified atom stereocenters. The lowest BCUT2D eigenvalue weighted by Gasteiger charge is -2.35. The molecule has 0 amide bonds. The number of hydrogen-bond donors (Lipinski definition) is 3. The number of aliphatic hydroxyl groups is 2. The summed E-state index contributed by atoms with van der Waals surface area (Å²) in [4.78, 5) is 11.7. The van der Waals surface area contributed by atoms with E-state index < -0.39 is 5.60 Å². The number of esters is 1. The largest absolute Gasteiger partial charge is 0.466 e. The summed E-state index contributed by atoms with van der Waals surface area (Å²) in [6.07, 6.45) is 4.80. The van der Waals surface area contributed by atoms with Crippen LogP contribution in [0.2, 0.25) is 0 Å². The van der Waals surface area contributed by atoms with Crippen molar-refractivity contribution in [2.75, 3.05) is 26.3 Å². The molecule has 0 aromatic carbocycles.